The maximum absolute atomic E-state index is 12.5. The van der Waals surface area contributed by atoms with Crippen LogP contribution in [0.1, 0.15) is 11.7 Å². The van der Waals surface area contributed by atoms with Gasteiger partial charge in [-0.1, -0.05) is 24.3 Å². The summed E-state index contributed by atoms with van der Waals surface area (Å²) in [5, 5.41) is 2.92. The van der Waals surface area contributed by atoms with Gasteiger partial charge in [-0.05, 0) is 41.6 Å². The number of nitrogens with two attached hydrogens (primary N) is 1. The molecule has 2 heterocycles. The van der Waals surface area contributed by atoms with Crippen molar-refractivity contribution in [3.05, 3.63) is 54.1 Å². The van der Waals surface area contributed by atoms with Crippen LogP contribution in [0.5, 0.6) is 0 Å². The van der Waals surface area contributed by atoms with Crippen LogP contribution in [0.3, 0.4) is 0 Å². The first-order chi connectivity index (χ1) is 11.9. The van der Waals surface area contributed by atoms with Crippen LogP contribution in [0.15, 0.2) is 58.4 Å². The number of alkyl halides is 3. The second kappa shape index (κ2) is 5.69. The largest absolute Gasteiger partial charge is 0.446 e. The Kier molecular flexibility index (Phi) is 3.60. The molecule has 0 saturated carbocycles. The van der Waals surface area contributed by atoms with Gasteiger partial charge in [0.15, 0.2) is 12.1 Å². The number of hydrogen-bond donors (Lipinski definition) is 2. The van der Waals surface area contributed by atoms with Crippen molar-refractivity contribution in [3.63, 3.8) is 0 Å². The molecule has 1 atom stereocenters. The lowest BCUT2D eigenvalue weighted by Crippen LogP contribution is -2.31. The Morgan fingerprint density at radius 1 is 1.08 bits per heavy atom. The highest BCUT2D eigenvalue weighted by Crippen LogP contribution is 2.38. The molecule has 0 bridgehead atoms. The topological polar surface area (TPSA) is 68.2 Å². The second-order valence-electron chi connectivity index (χ2n) is 5.42. The number of thioether (sulfide) groups is 1. The molecule has 4 rings (SSSR count). The molecule has 0 fully saturated rings. The average Bonchev–Trinajstić information content (AvgIpc) is 2.91. The maximum Gasteiger partial charge on any atom is 0.446 e. The summed E-state index contributed by atoms with van der Waals surface area (Å²) in [4.78, 5) is 9.00. The molecule has 128 valence electrons. The first-order valence-corrected chi connectivity index (χ1v) is 8.15. The Morgan fingerprint density at radius 3 is 2.52 bits per heavy atom. The monoisotopic (exact) mass is 363 g/mol. The van der Waals surface area contributed by atoms with Crippen LogP contribution in [0, 0.1) is 0 Å². The highest BCUT2D eigenvalue weighted by atomic mass is 32.2. The van der Waals surface area contributed by atoms with E-state index in [9.17, 15) is 13.2 Å². The Bertz CT molecular complexity index is 962. The first kappa shape index (κ1) is 15.8. The summed E-state index contributed by atoms with van der Waals surface area (Å²) < 4.78 is 39.3. The summed E-state index contributed by atoms with van der Waals surface area (Å²) in [5.74, 6) is 0.758. The van der Waals surface area contributed by atoms with E-state index >= 15 is 0 Å². The number of aliphatic imine (C=N–C) groups is 1. The van der Waals surface area contributed by atoms with Crippen LogP contribution in [0.25, 0.3) is 11.0 Å². The van der Waals surface area contributed by atoms with Gasteiger partial charge in [0.05, 0.1) is 11.0 Å². The van der Waals surface area contributed by atoms with Crippen LogP contribution in [0.2, 0.25) is 0 Å². The van der Waals surface area contributed by atoms with Crippen LogP contribution >= 0.6 is 11.8 Å². The van der Waals surface area contributed by atoms with Crippen molar-refractivity contribution in [2.75, 3.05) is 5.32 Å². The minimum Gasteiger partial charge on any atom is -0.370 e. The number of guanidine groups is 1. The second-order valence-corrected chi connectivity index (χ2v) is 6.56. The minimum atomic E-state index is -4.31. The molecule has 1 aliphatic rings. The van der Waals surface area contributed by atoms with Gasteiger partial charge in [0, 0.05) is 4.90 Å². The molecular formula is C16H12F3N5S. The molecule has 0 saturated heterocycles. The third-order valence-corrected chi connectivity index (χ3v) is 4.49. The van der Waals surface area contributed by atoms with Gasteiger partial charge in [-0.25, -0.2) is 9.98 Å². The summed E-state index contributed by atoms with van der Waals surface area (Å²) in [6.07, 6.45) is -0.492. The average molecular weight is 363 g/mol. The SMILES string of the molecule is NC1=N[C@@H](c2ccc(SC(F)(F)F)cc2)n2c(nc3ccccc32)N1. The number of aromatic nitrogens is 2. The Balaban J connectivity index is 1.76. The lowest BCUT2D eigenvalue weighted by Gasteiger charge is -2.24. The lowest BCUT2D eigenvalue weighted by molar-refractivity contribution is -0.0328. The standard InChI is InChI=1S/C16H12F3N5S/c17-16(18,19)25-10-7-5-9(6-8-10)13-22-14(20)23-15-21-11-3-1-2-4-12(11)24(13)15/h1-8,13H,(H3,20,21,22,23)/t13-/m1/s1. The van der Waals surface area contributed by atoms with E-state index in [0.29, 0.717) is 5.95 Å². The summed E-state index contributed by atoms with van der Waals surface area (Å²) >= 11 is -0.146. The van der Waals surface area contributed by atoms with Crippen LogP contribution in [0.4, 0.5) is 19.1 Å². The summed E-state index contributed by atoms with van der Waals surface area (Å²) in [6, 6.07) is 13.7. The Morgan fingerprint density at radius 2 is 1.80 bits per heavy atom. The number of benzene rings is 2. The van der Waals surface area contributed by atoms with E-state index < -0.39 is 11.7 Å². The van der Waals surface area contributed by atoms with Crippen molar-refractivity contribution in [1.29, 1.82) is 0 Å². The number of nitrogens with zero attached hydrogens (tertiary/aromatic N) is 3. The molecule has 1 aliphatic heterocycles. The van der Waals surface area contributed by atoms with Gasteiger partial charge in [-0.15, -0.1) is 0 Å². The first-order valence-electron chi connectivity index (χ1n) is 7.34. The summed E-state index contributed by atoms with van der Waals surface area (Å²) in [7, 11) is 0. The van der Waals surface area contributed by atoms with Gasteiger partial charge >= 0.3 is 5.51 Å². The predicted octanol–water partition coefficient (Wildman–Crippen LogP) is 3.94. The van der Waals surface area contributed by atoms with Crippen LogP contribution < -0.4 is 11.1 Å². The van der Waals surface area contributed by atoms with Crippen molar-refractivity contribution in [2.24, 2.45) is 10.7 Å². The van der Waals surface area contributed by atoms with Gasteiger partial charge in [-0.3, -0.25) is 9.88 Å². The quantitative estimate of drug-likeness (QED) is 0.677. The van der Waals surface area contributed by atoms with Crippen LogP contribution in [-0.2, 0) is 0 Å². The number of nitrogens with one attached hydrogen (secondary N) is 1. The number of anilines is 1. The molecule has 1 aromatic heterocycles. The molecule has 9 heteroatoms. The van der Waals surface area contributed by atoms with E-state index in [1.54, 1.807) is 12.1 Å². The maximum atomic E-state index is 12.5. The number of para-hydroxylation sites is 2. The van der Waals surface area contributed by atoms with Gasteiger partial charge < -0.3 is 5.73 Å². The number of rotatable bonds is 2. The summed E-state index contributed by atoms with van der Waals surface area (Å²) in [5.41, 5.74) is 3.90. The van der Waals surface area contributed by atoms with E-state index in [-0.39, 0.29) is 22.6 Å². The van der Waals surface area contributed by atoms with Crippen molar-refractivity contribution in [3.8, 4) is 0 Å². The van der Waals surface area contributed by atoms with Crippen molar-refractivity contribution in [1.82, 2.24) is 9.55 Å². The minimum absolute atomic E-state index is 0.123. The normalized spacial score (nSPS) is 17.1. The number of imidazole rings is 1. The zero-order valence-electron chi connectivity index (χ0n) is 12.7. The fourth-order valence-corrected chi connectivity index (χ4v) is 3.32. The molecule has 3 N–H and O–H groups in total. The predicted molar refractivity (Wildman–Crippen MR) is 91.5 cm³/mol. The van der Waals surface area contributed by atoms with Gasteiger partial charge in [0.1, 0.15) is 0 Å². The van der Waals surface area contributed by atoms with Crippen LogP contribution in [-0.4, -0.2) is 21.0 Å². The smallest absolute Gasteiger partial charge is 0.370 e. The van der Waals surface area contributed by atoms with E-state index in [2.05, 4.69) is 15.3 Å². The Labute approximate surface area is 144 Å². The van der Waals surface area contributed by atoms with E-state index in [1.165, 1.54) is 12.1 Å². The molecule has 0 radical (unpaired) electrons. The summed E-state index contributed by atoms with van der Waals surface area (Å²) in [6.45, 7) is 0. The van der Waals surface area contributed by atoms with Gasteiger partial charge in [0.2, 0.25) is 5.95 Å². The molecule has 0 amide bonds. The molecule has 0 unspecified atom stereocenters. The third kappa shape index (κ3) is 3.02. The van der Waals surface area contributed by atoms with Crippen molar-refractivity contribution < 1.29 is 13.2 Å². The number of fused-ring (bicyclic) bond motifs is 3. The lowest BCUT2D eigenvalue weighted by atomic mass is 10.1. The number of hydrogen-bond acceptors (Lipinski definition) is 5. The van der Waals surface area contributed by atoms with Gasteiger partial charge in [0.25, 0.3) is 0 Å². The highest BCUT2D eigenvalue weighted by molar-refractivity contribution is 8.00. The highest BCUT2D eigenvalue weighted by Gasteiger charge is 2.30. The van der Waals surface area contributed by atoms with E-state index in [0.717, 1.165) is 16.6 Å². The molecular weight excluding hydrogens is 351 g/mol. The fourth-order valence-electron chi connectivity index (χ4n) is 2.78. The van der Waals surface area contributed by atoms with Crippen molar-refractivity contribution >= 4 is 34.7 Å². The van der Waals surface area contributed by atoms with Gasteiger partial charge in [-0.2, -0.15) is 13.2 Å². The van der Waals surface area contributed by atoms with E-state index in [1.807, 2.05) is 28.8 Å². The zero-order valence-corrected chi connectivity index (χ0v) is 13.5. The molecule has 25 heavy (non-hydrogen) atoms. The molecule has 0 spiro atoms. The fraction of sp³-hybridized carbons (Fsp3) is 0.125. The number of halogens is 3. The molecule has 5 nitrogen and oxygen atoms in total. The molecule has 3 aromatic rings. The Hall–Kier alpha value is -2.68. The third-order valence-electron chi connectivity index (χ3n) is 3.75. The van der Waals surface area contributed by atoms with Crippen molar-refractivity contribution in [2.45, 2.75) is 16.6 Å². The molecule has 2 aromatic carbocycles. The molecule has 0 aliphatic carbocycles. The van der Waals surface area contributed by atoms with E-state index in [4.69, 9.17) is 5.73 Å². The zero-order chi connectivity index (χ0) is 17.6.